The van der Waals surface area contributed by atoms with E-state index in [1.807, 2.05) is 13.8 Å². The minimum atomic E-state index is -1.10. The molecular weight excluding hydrogens is 332 g/mol. The van der Waals surface area contributed by atoms with Crippen molar-refractivity contribution in [2.75, 3.05) is 0 Å². The third kappa shape index (κ3) is 2.65. The van der Waals surface area contributed by atoms with Gasteiger partial charge in [-0.2, -0.15) is 4.98 Å². The topological polar surface area (TPSA) is 88.3 Å². The van der Waals surface area contributed by atoms with Crippen molar-refractivity contribution in [1.82, 2.24) is 20.4 Å². The van der Waals surface area contributed by atoms with Gasteiger partial charge in [0.25, 0.3) is 5.91 Å². The maximum absolute atomic E-state index is 13.0. The fourth-order valence-electron chi connectivity index (χ4n) is 2.78. The van der Waals surface area contributed by atoms with Crippen LogP contribution < -0.4 is 5.32 Å². The van der Waals surface area contributed by atoms with Crippen LogP contribution in [-0.2, 0) is 23.3 Å². The number of hydrogen-bond donors (Lipinski definition) is 1. The Morgan fingerprint density at radius 3 is 2.54 bits per heavy atom. The number of hydrogen-bond acceptors (Lipinski definition) is 5. The molecule has 1 N–H and O–H groups in total. The summed E-state index contributed by atoms with van der Waals surface area (Å²) in [4.78, 5) is 30.6. The fourth-order valence-corrected chi connectivity index (χ4v) is 2.90. The number of aryl methyl sites for hydroxylation is 1. The number of imide groups is 1. The molecule has 3 amide bonds. The zero-order valence-electron chi connectivity index (χ0n) is 13.4. The van der Waals surface area contributed by atoms with E-state index in [9.17, 15) is 9.59 Å². The van der Waals surface area contributed by atoms with Gasteiger partial charge in [0.05, 0.1) is 0 Å². The SMILES string of the molecule is CCc1noc(CN2C(=O)N[C@@](CC)(c3ccc(Cl)cc3)C2=O)n1. The summed E-state index contributed by atoms with van der Waals surface area (Å²) in [6, 6.07) is 6.40. The number of amides is 3. The zero-order valence-corrected chi connectivity index (χ0v) is 14.1. The van der Waals surface area contributed by atoms with Gasteiger partial charge in [0.2, 0.25) is 5.89 Å². The molecule has 0 saturated carbocycles. The van der Waals surface area contributed by atoms with E-state index in [-0.39, 0.29) is 18.3 Å². The van der Waals surface area contributed by atoms with Crippen molar-refractivity contribution in [3.8, 4) is 0 Å². The van der Waals surface area contributed by atoms with Crippen LogP contribution in [0.2, 0.25) is 5.02 Å². The van der Waals surface area contributed by atoms with Crippen LogP contribution in [0.3, 0.4) is 0 Å². The first-order chi connectivity index (χ1) is 11.5. The van der Waals surface area contributed by atoms with Crippen molar-refractivity contribution in [2.24, 2.45) is 0 Å². The van der Waals surface area contributed by atoms with Crippen LogP contribution >= 0.6 is 11.6 Å². The molecule has 1 aliphatic rings. The molecule has 0 bridgehead atoms. The van der Waals surface area contributed by atoms with Gasteiger partial charge in [-0.1, -0.05) is 42.7 Å². The average molecular weight is 349 g/mol. The lowest BCUT2D eigenvalue weighted by atomic mass is 9.87. The summed E-state index contributed by atoms with van der Waals surface area (Å²) in [6.07, 6.45) is 1.03. The molecule has 0 radical (unpaired) electrons. The Balaban J connectivity index is 1.90. The molecule has 1 aliphatic heterocycles. The van der Waals surface area contributed by atoms with E-state index in [0.29, 0.717) is 29.3 Å². The minimum absolute atomic E-state index is 0.0486. The van der Waals surface area contributed by atoms with Gasteiger partial charge in [-0.05, 0) is 24.1 Å². The Morgan fingerprint density at radius 1 is 1.25 bits per heavy atom. The highest BCUT2D eigenvalue weighted by atomic mass is 35.5. The summed E-state index contributed by atoms with van der Waals surface area (Å²) in [6.45, 7) is 3.69. The number of benzene rings is 1. The molecule has 1 aromatic heterocycles. The zero-order chi connectivity index (χ0) is 17.3. The van der Waals surface area contributed by atoms with Gasteiger partial charge < -0.3 is 9.84 Å². The summed E-state index contributed by atoms with van der Waals surface area (Å²) < 4.78 is 5.08. The molecule has 1 saturated heterocycles. The Bertz CT molecular complexity index is 774. The molecule has 2 heterocycles. The van der Waals surface area contributed by atoms with Crippen LogP contribution in [0.1, 0.15) is 37.5 Å². The number of rotatable bonds is 5. The number of carbonyl (C=O) groups is 2. The van der Waals surface area contributed by atoms with Crippen molar-refractivity contribution in [3.05, 3.63) is 46.6 Å². The number of carbonyl (C=O) groups excluding carboxylic acids is 2. The molecule has 0 spiro atoms. The molecule has 0 unspecified atom stereocenters. The van der Waals surface area contributed by atoms with Crippen molar-refractivity contribution in [3.63, 3.8) is 0 Å². The minimum Gasteiger partial charge on any atom is -0.337 e. The fraction of sp³-hybridized carbons (Fsp3) is 0.375. The molecule has 126 valence electrons. The summed E-state index contributed by atoms with van der Waals surface area (Å²) >= 11 is 5.91. The first-order valence-corrected chi connectivity index (χ1v) is 8.09. The average Bonchev–Trinajstić information content (AvgIpc) is 3.14. The van der Waals surface area contributed by atoms with Crippen LogP contribution in [0, 0.1) is 0 Å². The molecule has 8 heteroatoms. The molecule has 24 heavy (non-hydrogen) atoms. The number of nitrogens with zero attached hydrogens (tertiary/aromatic N) is 3. The van der Waals surface area contributed by atoms with E-state index in [2.05, 4.69) is 15.5 Å². The standard InChI is InChI=1S/C16H17ClN4O3/c1-3-12-18-13(24-20-12)9-21-14(22)16(4-2,19-15(21)23)10-5-7-11(17)8-6-10/h5-8H,3-4,9H2,1-2H3,(H,19,23)/t16-/m0/s1. The Hall–Kier alpha value is -2.41. The summed E-state index contributed by atoms with van der Waals surface area (Å²) in [7, 11) is 0. The third-order valence-corrected chi connectivity index (χ3v) is 4.41. The summed E-state index contributed by atoms with van der Waals surface area (Å²) in [5.41, 5.74) is -0.412. The molecule has 2 aromatic rings. The van der Waals surface area contributed by atoms with E-state index in [1.54, 1.807) is 24.3 Å². The lowest BCUT2D eigenvalue weighted by Gasteiger charge is -2.25. The van der Waals surface area contributed by atoms with Gasteiger partial charge in [0, 0.05) is 11.4 Å². The van der Waals surface area contributed by atoms with Gasteiger partial charge in [-0.25, -0.2) is 4.79 Å². The van der Waals surface area contributed by atoms with E-state index < -0.39 is 11.6 Å². The molecular formula is C16H17ClN4O3. The van der Waals surface area contributed by atoms with Gasteiger partial charge in [-0.3, -0.25) is 9.69 Å². The van der Waals surface area contributed by atoms with Crippen LogP contribution in [0.5, 0.6) is 0 Å². The number of halogens is 1. The normalized spacial score (nSPS) is 20.5. The second kappa shape index (κ2) is 6.24. The predicted molar refractivity (Wildman–Crippen MR) is 86.2 cm³/mol. The van der Waals surface area contributed by atoms with Crippen LogP contribution in [0.4, 0.5) is 4.79 Å². The molecule has 3 rings (SSSR count). The maximum Gasteiger partial charge on any atom is 0.325 e. The second-order valence-corrected chi connectivity index (χ2v) is 5.98. The highest BCUT2D eigenvalue weighted by Crippen LogP contribution is 2.33. The van der Waals surface area contributed by atoms with Gasteiger partial charge >= 0.3 is 6.03 Å². The predicted octanol–water partition coefficient (Wildman–Crippen LogP) is 2.64. The smallest absolute Gasteiger partial charge is 0.325 e. The maximum atomic E-state index is 13.0. The van der Waals surface area contributed by atoms with Crippen molar-refractivity contribution >= 4 is 23.5 Å². The number of urea groups is 1. The van der Waals surface area contributed by atoms with E-state index in [1.165, 1.54) is 0 Å². The van der Waals surface area contributed by atoms with Crippen LogP contribution in [0.15, 0.2) is 28.8 Å². The van der Waals surface area contributed by atoms with Crippen LogP contribution in [-0.4, -0.2) is 27.0 Å². The Labute approximate surface area is 144 Å². The van der Waals surface area contributed by atoms with E-state index >= 15 is 0 Å². The first kappa shape index (κ1) is 16.4. The number of nitrogens with one attached hydrogen (secondary N) is 1. The van der Waals surface area contributed by atoms with Gasteiger partial charge in [0.15, 0.2) is 5.82 Å². The van der Waals surface area contributed by atoms with Gasteiger partial charge in [0.1, 0.15) is 12.1 Å². The summed E-state index contributed by atoms with van der Waals surface area (Å²) in [5.74, 6) is 0.434. The number of aromatic nitrogens is 2. The third-order valence-electron chi connectivity index (χ3n) is 4.16. The van der Waals surface area contributed by atoms with Crippen molar-refractivity contribution in [1.29, 1.82) is 0 Å². The summed E-state index contributed by atoms with van der Waals surface area (Å²) in [5, 5.41) is 7.15. The largest absolute Gasteiger partial charge is 0.337 e. The Kier molecular flexibility index (Phi) is 4.28. The second-order valence-electron chi connectivity index (χ2n) is 5.55. The highest BCUT2D eigenvalue weighted by Gasteiger charge is 2.51. The van der Waals surface area contributed by atoms with Crippen molar-refractivity contribution in [2.45, 2.75) is 38.8 Å². The highest BCUT2D eigenvalue weighted by molar-refractivity contribution is 6.30. The van der Waals surface area contributed by atoms with E-state index in [4.69, 9.17) is 16.1 Å². The molecule has 7 nitrogen and oxygen atoms in total. The van der Waals surface area contributed by atoms with E-state index in [0.717, 1.165) is 4.90 Å². The molecule has 0 aliphatic carbocycles. The first-order valence-electron chi connectivity index (χ1n) is 7.71. The molecule has 1 atom stereocenters. The Morgan fingerprint density at radius 2 is 1.96 bits per heavy atom. The van der Waals surface area contributed by atoms with Crippen molar-refractivity contribution < 1.29 is 14.1 Å². The quantitative estimate of drug-likeness (QED) is 0.839. The van der Waals surface area contributed by atoms with Gasteiger partial charge in [-0.15, -0.1) is 0 Å². The van der Waals surface area contributed by atoms with Crippen LogP contribution in [0.25, 0.3) is 0 Å². The molecule has 1 fully saturated rings. The molecule has 1 aromatic carbocycles. The lowest BCUT2D eigenvalue weighted by Crippen LogP contribution is -2.43. The monoisotopic (exact) mass is 348 g/mol. The lowest BCUT2D eigenvalue weighted by molar-refractivity contribution is -0.132.